The smallest absolute Gasteiger partial charge is 0.261 e. The number of hydrogen-bond donors (Lipinski definition) is 1. The van der Waals surface area contributed by atoms with Crippen molar-refractivity contribution in [2.75, 3.05) is 4.72 Å². The molecule has 0 fully saturated rings. The Morgan fingerprint density at radius 1 is 0.929 bits per heavy atom. The highest BCUT2D eigenvalue weighted by Gasteiger charge is 2.14. The van der Waals surface area contributed by atoms with Crippen molar-refractivity contribution in [2.24, 2.45) is 0 Å². The fourth-order valence-corrected chi connectivity index (χ4v) is 3.91. The van der Waals surface area contributed by atoms with Crippen LogP contribution in [0.5, 0.6) is 11.5 Å². The Hall–Kier alpha value is -2.50. The summed E-state index contributed by atoms with van der Waals surface area (Å²) < 4.78 is 33.5. The highest BCUT2D eigenvalue weighted by molar-refractivity contribution is 7.92. The van der Waals surface area contributed by atoms with Crippen LogP contribution in [0, 0.1) is 0 Å². The van der Waals surface area contributed by atoms with Crippen molar-refractivity contribution in [3.05, 3.63) is 83.4 Å². The van der Waals surface area contributed by atoms with Gasteiger partial charge in [0.25, 0.3) is 10.0 Å². The molecule has 0 amide bonds. The largest absolute Gasteiger partial charge is 0.456 e. The molecule has 0 bridgehead atoms. The van der Waals surface area contributed by atoms with E-state index in [0.29, 0.717) is 22.2 Å². The van der Waals surface area contributed by atoms with E-state index in [0.717, 1.165) is 19.3 Å². The number of unbranched alkanes of at least 4 members (excludes halogenated alkanes) is 1. The van der Waals surface area contributed by atoms with E-state index < -0.39 is 10.0 Å². The molecule has 146 valence electrons. The number of halogens is 1. The fourth-order valence-electron chi connectivity index (χ4n) is 2.68. The lowest BCUT2D eigenvalue weighted by atomic mass is 10.1. The minimum absolute atomic E-state index is 0.161. The van der Waals surface area contributed by atoms with E-state index in [-0.39, 0.29) is 4.90 Å². The van der Waals surface area contributed by atoms with E-state index in [9.17, 15) is 8.42 Å². The number of benzene rings is 3. The first kappa shape index (κ1) is 20.2. The van der Waals surface area contributed by atoms with Crippen LogP contribution in [-0.2, 0) is 16.4 Å². The van der Waals surface area contributed by atoms with Crippen molar-refractivity contribution < 1.29 is 13.2 Å². The van der Waals surface area contributed by atoms with Crippen LogP contribution >= 0.6 is 11.6 Å². The van der Waals surface area contributed by atoms with Gasteiger partial charge in [0.15, 0.2) is 0 Å². The highest BCUT2D eigenvalue weighted by atomic mass is 35.5. The third kappa shape index (κ3) is 5.27. The molecule has 0 saturated heterocycles. The summed E-state index contributed by atoms with van der Waals surface area (Å²) in [5, 5.41) is 0.489. The molecule has 3 rings (SSSR count). The van der Waals surface area contributed by atoms with Gasteiger partial charge in [-0.25, -0.2) is 8.42 Å². The molecular weight excluding hydrogens is 394 g/mol. The first-order chi connectivity index (χ1) is 13.5. The Balaban J connectivity index is 1.69. The van der Waals surface area contributed by atoms with Gasteiger partial charge >= 0.3 is 0 Å². The zero-order valence-electron chi connectivity index (χ0n) is 15.6. The number of rotatable bonds is 8. The maximum absolute atomic E-state index is 12.6. The van der Waals surface area contributed by atoms with Gasteiger partial charge in [0.2, 0.25) is 0 Å². The molecule has 1 N–H and O–H groups in total. The van der Waals surface area contributed by atoms with Gasteiger partial charge in [0.1, 0.15) is 11.5 Å². The normalized spacial score (nSPS) is 11.2. The summed E-state index contributed by atoms with van der Waals surface area (Å²) in [5.41, 5.74) is 1.74. The van der Waals surface area contributed by atoms with E-state index in [4.69, 9.17) is 16.3 Å². The van der Waals surface area contributed by atoms with Crippen LogP contribution in [0.25, 0.3) is 0 Å². The van der Waals surface area contributed by atoms with Gasteiger partial charge in [-0.15, -0.1) is 0 Å². The van der Waals surface area contributed by atoms with Gasteiger partial charge in [-0.3, -0.25) is 4.72 Å². The second-order valence-electron chi connectivity index (χ2n) is 6.41. The lowest BCUT2D eigenvalue weighted by molar-refractivity contribution is 0.482. The number of hydrogen-bond acceptors (Lipinski definition) is 3. The topological polar surface area (TPSA) is 55.4 Å². The summed E-state index contributed by atoms with van der Waals surface area (Å²) in [6.45, 7) is 2.15. The van der Waals surface area contributed by atoms with E-state index >= 15 is 0 Å². The lowest BCUT2D eigenvalue weighted by Gasteiger charge is -2.11. The molecule has 6 heteroatoms. The Kier molecular flexibility index (Phi) is 6.60. The summed E-state index contributed by atoms with van der Waals surface area (Å²) in [7, 11) is -3.67. The van der Waals surface area contributed by atoms with Gasteiger partial charge in [-0.1, -0.05) is 49.2 Å². The third-order valence-corrected chi connectivity index (χ3v) is 5.93. The van der Waals surface area contributed by atoms with Crippen LogP contribution in [0.3, 0.4) is 0 Å². The molecule has 28 heavy (non-hydrogen) atoms. The average Bonchev–Trinajstić information content (AvgIpc) is 2.69. The Bertz CT molecular complexity index is 1020. The molecule has 4 nitrogen and oxygen atoms in total. The minimum Gasteiger partial charge on any atom is -0.456 e. The van der Waals surface area contributed by atoms with Gasteiger partial charge in [-0.05, 0) is 66.9 Å². The van der Waals surface area contributed by atoms with E-state index in [2.05, 4.69) is 11.6 Å². The Morgan fingerprint density at radius 2 is 1.61 bits per heavy atom. The predicted molar refractivity (Wildman–Crippen MR) is 114 cm³/mol. The molecule has 0 saturated carbocycles. The van der Waals surface area contributed by atoms with Crippen LogP contribution in [0.2, 0.25) is 5.02 Å². The quantitative estimate of drug-likeness (QED) is 0.471. The van der Waals surface area contributed by atoms with Gasteiger partial charge < -0.3 is 4.74 Å². The van der Waals surface area contributed by atoms with Crippen LogP contribution in [0.1, 0.15) is 25.3 Å². The molecule has 0 aliphatic carbocycles. The maximum Gasteiger partial charge on any atom is 0.261 e. The van der Waals surface area contributed by atoms with E-state index in [1.165, 1.54) is 17.7 Å². The van der Waals surface area contributed by atoms with Crippen molar-refractivity contribution >= 4 is 27.3 Å². The molecule has 0 aromatic heterocycles. The highest BCUT2D eigenvalue weighted by Crippen LogP contribution is 2.29. The van der Waals surface area contributed by atoms with Crippen LogP contribution in [-0.4, -0.2) is 8.42 Å². The van der Waals surface area contributed by atoms with E-state index in [1.54, 1.807) is 36.4 Å². The number of nitrogens with one attached hydrogen (secondary N) is 1. The van der Waals surface area contributed by atoms with Crippen molar-refractivity contribution in [1.82, 2.24) is 0 Å². The predicted octanol–water partition coefficient (Wildman–Crippen LogP) is 6.28. The SMILES string of the molecule is CCCCc1ccc(NS(=O)(=O)c2ccc(Oc3ccccc3Cl)cc2)cc1. The summed E-state index contributed by atoms with van der Waals surface area (Å²) in [6, 6.07) is 20.8. The van der Waals surface area contributed by atoms with Crippen molar-refractivity contribution in [2.45, 2.75) is 31.1 Å². The van der Waals surface area contributed by atoms with Gasteiger partial charge in [0, 0.05) is 5.69 Å². The second-order valence-corrected chi connectivity index (χ2v) is 8.50. The van der Waals surface area contributed by atoms with Crippen molar-refractivity contribution in [3.63, 3.8) is 0 Å². The second kappa shape index (κ2) is 9.13. The monoisotopic (exact) mass is 415 g/mol. The van der Waals surface area contributed by atoms with Crippen LogP contribution in [0.15, 0.2) is 77.7 Å². The molecule has 0 spiro atoms. The molecule has 0 heterocycles. The fraction of sp³-hybridized carbons (Fsp3) is 0.182. The zero-order chi connectivity index (χ0) is 20.0. The van der Waals surface area contributed by atoms with Crippen LogP contribution in [0.4, 0.5) is 5.69 Å². The summed E-state index contributed by atoms with van der Waals surface area (Å²) >= 11 is 6.08. The van der Waals surface area contributed by atoms with E-state index in [1.807, 2.05) is 24.3 Å². The van der Waals surface area contributed by atoms with Crippen molar-refractivity contribution in [1.29, 1.82) is 0 Å². The molecule has 0 unspecified atom stereocenters. The molecule has 3 aromatic rings. The minimum atomic E-state index is -3.67. The molecule has 3 aromatic carbocycles. The van der Waals surface area contributed by atoms with Crippen molar-refractivity contribution in [3.8, 4) is 11.5 Å². The summed E-state index contributed by atoms with van der Waals surface area (Å²) in [5.74, 6) is 1.02. The standard InChI is InChI=1S/C22H22ClNO3S/c1-2-3-6-17-9-11-18(12-10-17)24-28(25,26)20-15-13-19(14-16-20)27-22-8-5-4-7-21(22)23/h4-5,7-16,24H,2-3,6H2,1H3. The summed E-state index contributed by atoms with van der Waals surface area (Å²) in [6.07, 6.45) is 3.24. The number of aryl methyl sites for hydroxylation is 1. The number of sulfonamides is 1. The molecule has 0 radical (unpaired) electrons. The molecule has 0 aliphatic rings. The number of para-hydroxylation sites is 1. The maximum atomic E-state index is 12.6. The zero-order valence-corrected chi connectivity index (χ0v) is 17.1. The molecule has 0 atom stereocenters. The average molecular weight is 416 g/mol. The number of anilines is 1. The summed E-state index contributed by atoms with van der Waals surface area (Å²) in [4.78, 5) is 0.161. The number of ether oxygens (including phenoxy) is 1. The molecule has 0 aliphatic heterocycles. The van der Waals surface area contributed by atoms with Gasteiger partial charge in [0.05, 0.1) is 9.92 Å². The van der Waals surface area contributed by atoms with Crippen LogP contribution < -0.4 is 9.46 Å². The molecular formula is C22H22ClNO3S. The Labute approximate surface area is 171 Å². The third-order valence-electron chi connectivity index (χ3n) is 4.22. The lowest BCUT2D eigenvalue weighted by Crippen LogP contribution is -2.12. The first-order valence-electron chi connectivity index (χ1n) is 9.12. The first-order valence-corrected chi connectivity index (χ1v) is 11.0. The Morgan fingerprint density at radius 3 is 2.25 bits per heavy atom. The van der Waals surface area contributed by atoms with Gasteiger partial charge in [-0.2, -0.15) is 0 Å².